The molecule has 4 amide bonds. The van der Waals surface area contributed by atoms with Crippen LogP contribution in [0.1, 0.15) is 38.5 Å². The number of hydrogen-bond donors (Lipinski definition) is 5. The highest BCUT2D eigenvalue weighted by molar-refractivity contribution is 5.71. The summed E-state index contributed by atoms with van der Waals surface area (Å²) >= 11 is 0. The molecule has 0 bridgehead atoms. The summed E-state index contributed by atoms with van der Waals surface area (Å²) in [5.74, 6) is 11.4. The fourth-order valence-electron chi connectivity index (χ4n) is 2.75. The molecule has 9 nitrogen and oxygen atoms in total. The van der Waals surface area contributed by atoms with Gasteiger partial charge in [0.1, 0.15) is 0 Å². The summed E-state index contributed by atoms with van der Waals surface area (Å²) < 4.78 is 0. The number of rotatable bonds is 11. The third-order valence-corrected chi connectivity index (χ3v) is 4.25. The molecular weight excluding hydrogens is 334 g/mol. The second-order valence-corrected chi connectivity index (χ2v) is 6.26. The minimum absolute atomic E-state index is 0.335. The van der Waals surface area contributed by atoms with Gasteiger partial charge in [0.2, 0.25) is 0 Å². The van der Waals surface area contributed by atoms with Gasteiger partial charge in [-0.3, -0.25) is 10.0 Å². The second-order valence-electron chi connectivity index (χ2n) is 6.26. The Kier molecular flexibility index (Phi) is 9.88. The first-order chi connectivity index (χ1) is 12.4. The first-order valence-electron chi connectivity index (χ1n) is 8.85. The Hall–Kier alpha value is -2.52. The van der Waals surface area contributed by atoms with Crippen molar-refractivity contribution in [2.75, 3.05) is 13.1 Å². The van der Waals surface area contributed by atoms with Crippen LogP contribution in [0, 0.1) is 5.92 Å². The number of nitrogens with two attached hydrogens (primary N) is 4. The molecule has 0 aromatic carbocycles. The van der Waals surface area contributed by atoms with Crippen LogP contribution in [0.4, 0.5) is 9.59 Å². The predicted molar refractivity (Wildman–Crippen MR) is 102 cm³/mol. The number of amides is 4. The number of unbranched alkanes of at least 4 members (excludes halogenated alkanes) is 2. The van der Waals surface area contributed by atoms with E-state index in [2.05, 4.69) is 11.4 Å². The Morgan fingerprint density at radius 1 is 0.885 bits per heavy atom. The van der Waals surface area contributed by atoms with Crippen LogP contribution < -0.4 is 28.5 Å². The van der Waals surface area contributed by atoms with E-state index in [0.29, 0.717) is 19.0 Å². The fraction of sp³-hybridized carbons (Fsp3) is 0.529. The van der Waals surface area contributed by atoms with Crippen molar-refractivity contribution < 1.29 is 9.59 Å². The van der Waals surface area contributed by atoms with Crippen molar-refractivity contribution in [1.29, 1.82) is 0 Å². The molecule has 1 aliphatic heterocycles. The Morgan fingerprint density at radius 2 is 1.42 bits per heavy atom. The molecule has 146 valence electrons. The summed E-state index contributed by atoms with van der Waals surface area (Å²) in [5, 5.41) is 5.38. The van der Waals surface area contributed by atoms with Gasteiger partial charge in [0, 0.05) is 25.0 Å². The molecule has 0 spiro atoms. The van der Waals surface area contributed by atoms with Crippen molar-refractivity contribution in [3.8, 4) is 0 Å². The molecule has 1 aliphatic rings. The van der Waals surface area contributed by atoms with Crippen LogP contribution in [-0.4, -0.2) is 35.2 Å². The molecule has 0 saturated carbocycles. The number of nitrogens with one attached hydrogen (secondary N) is 1. The zero-order chi connectivity index (χ0) is 19.4. The zero-order valence-electron chi connectivity index (χ0n) is 15.1. The number of urea groups is 2. The van der Waals surface area contributed by atoms with Crippen molar-refractivity contribution >= 4 is 12.1 Å². The van der Waals surface area contributed by atoms with Crippen molar-refractivity contribution in [2.45, 2.75) is 38.5 Å². The lowest BCUT2D eigenvalue weighted by molar-refractivity contribution is 0.207. The van der Waals surface area contributed by atoms with Crippen LogP contribution in [-0.2, 0) is 0 Å². The van der Waals surface area contributed by atoms with Gasteiger partial charge in [-0.25, -0.2) is 21.3 Å². The molecule has 1 rings (SSSR count). The van der Waals surface area contributed by atoms with Crippen molar-refractivity contribution in [2.24, 2.45) is 29.1 Å². The van der Waals surface area contributed by atoms with E-state index >= 15 is 0 Å². The lowest BCUT2D eigenvalue weighted by Crippen LogP contribution is -2.42. The standard InChI is InChI=1S/C17H31N7O2/c18-16(25)23(20)12-6-3-8-14(15-10-2-1-5-11-22-15)9-4-7-13-24(21)17(19)26/h1-2,5,10-11,14,22H,3-4,6-9,12-13,20-21H2,(H2,18,25)(H2,19,26). The maximum absolute atomic E-state index is 10.9. The number of hydrazine groups is 2. The van der Waals surface area contributed by atoms with E-state index < -0.39 is 12.1 Å². The van der Waals surface area contributed by atoms with Gasteiger partial charge in [-0.2, -0.15) is 0 Å². The van der Waals surface area contributed by atoms with Crippen LogP contribution in [0.15, 0.2) is 36.2 Å². The van der Waals surface area contributed by atoms with Crippen LogP contribution in [0.5, 0.6) is 0 Å². The number of nitrogens with zero attached hydrogens (tertiary/aromatic N) is 2. The zero-order valence-corrected chi connectivity index (χ0v) is 15.1. The van der Waals surface area contributed by atoms with Crippen molar-refractivity contribution in [3.05, 3.63) is 36.2 Å². The third-order valence-electron chi connectivity index (χ3n) is 4.25. The molecule has 0 aromatic heterocycles. The Bertz CT molecular complexity index is 517. The van der Waals surface area contributed by atoms with Crippen LogP contribution in [0.25, 0.3) is 0 Å². The summed E-state index contributed by atoms with van der Waals surface area (Å²) in [6, 6.07) is -1.24. The largest absolute Gasteiger partial charge is 0.365 e. The highest BCUT2D eigenvalue weighted by Gasteiger charge is 2.15. The first-order valence-corrected chi connectivity index (χ1v) is 8.85. The topological polar surface area (TPSA) is 157 Å². The minimum Gasteiger partial charge on any atom is -0.365 e. The summed E-state index contributed by atoms with van der Waals surface area (Å²) in [4.78, 5) is 21.9. The maximum Gasteiger partial charge on any atom is 0.328 e. The molecule has 0 fully saturated rings. The van der Waals surface area contributed by atoms with E-state index in [1.807, 2.05) is 24.4 Å². The van der Waals surface area contributed by atoms with Crippen LogP contribution in [0.3, 0.4) is 0 Å². The van der Waals surface area contributed by atoms with Gasteiger partial charge in [-0.05, 0) is 43.8 Å². The van der Waals surface area contributed by atoms with Gasteiger partial charge in [0.05, 0.1) is 0 Å². The number of primary amides is 2. The molecule has 9 N–H and O–H groups in total. The van der Waals surface area contributed by atoms with E-state index in [-0.39, 0.29) is 0 Å². The highest BCUT2D eigenvalue weighted by Crippen LogP contribution is 2.23. The molecule has 0 radical (unpaired) electrons. The Morgan fingerprint density at radius 3 is 1.92 bits per heavy atom. The highest BCUT2D eigenvalue weighted by atomic mass is 16.2. The molecule has 0 unspecified atom stereocenters. The average molecular weight is 365 g/mol. The minimum atomic E-state index is -0.620. The van der Waals surface area contributed by atoms with Crippen LogP contribution in [0.2, 0.25) is 0 Å². The van der Waals surface area contributed by atoms with Gasteiger partial charge in [-0.15, -0.1) is 0 Å². The summed E-state index contributed by atoms with van der Waals surface area (Å²) in [7, 11) is 0. The van der Waals surface area contributed by atoms with Gasteiger partial charge in [-0.1, -0.05) is 25.0 Å². The first kappa shape index (κ1) is 21.5. The van der Waals surface area contributed by atoms with Gasteiger partial charge in [0.25, 0.3) is 0 Å². The van der Waals surface area contributed by atoms with E-state index in [1.54, 1.807) is 0 Å². The molecule has 1 heterocycles. The Labute approximate surface area is 154 Å². The lowest BCUT2D eigenvalue weighted by Gasteiger charge is -2.21. The number of hydrogen-bond acceptors (Lipinski definition) is 5. The fourth-order valence-corrected chi connectivity index (χ4v) is 2.75. The third kappa shape index (κ3) is 8.54. The molecule has 0 aromatic rings. The molecule has 26 heavy (non-hydrogen) atoms. The van der Waals surface area contributed by atoms with E-state index in [9.17, 15) is 9.59 Å². The number of carbonyl (C=O) groups excluding carboxylic acids is 2. The molecule has 0 saturated heterocycles. The monoisotopic (exact) mass is 365 g/mol. The average Bonchev–Trinajstić information content (AvgIpc) is 2.88. The van der Waals surface area contributed by atoms with E-state index in [4.69, 9.17) is 23.2 Å². The second kappa shape index (κ2) is 11.9. The summed E-state index contributed by atoms with van der Waals surface area (Å²) in [6.07, 6.45) is 15.2. The normalized spacial score (nSPS) is 13.1. The predicted octanol–water partition coefficient (Wildman–Crippen LogP) is 1.01. The van der Waals surface area contributed by atoms with E-state index in [1.165, 1.54) is 0 Å². The number of allylic oxidation sites excluding steroid dienone is 5. The Balaban J connectivity index is 2.47. The summed E-state index contributed by atoms with van der Waals surface area (Å²) in [6.45, 7) is 0.879. The van der Waals surface area contributed by atoms with Crippen LogP contribution >= 0.6 is 0 Å². The number of carbonyl (C=O) groups is 2. The molecule has 9 heteroatoms. The SMILES string of the molecule is NC(=O)N(N)CCCCC(CCCCN(N)C(N)=O)C1=CC=CC=CN1. The maximum atomic E-state index is 10.9. The molecular formula is C17H31N7O2. The smallest absolute Gasteiger partial charge is 0.328 e. The lowest BCUT2D eigenvalue weighted by atomic mass is 9.92. The van der Waals surface area contributed by atoms with E-state index in [0.717, 1.165) is 54.2 Å². The van der Waals surface area contributed by atoms with Gasteiger partial charge < -0.3 is 16.8 Å². The van der Waals surface area contributed by atoms with Crippen molar-refractivity contribution in [1.82, 2.24) is 15.3 Å². The van der Waals surface area contributed by atoms with Crippen molar-refractivity contribution in [3.63, 3.8) is 0 Å². The van der Waals surface area contributed by atoms with Gasteiger partial charge >= 0.3 is 12.1 Å². The van der Waals surface area contributed by atoms with Gasteiger partial charge in [0.15, 0.2) is 0 Å². The molecule has 0 atom stereocenters. The molecule has 0 aliphatic carbocycles. The summed E-state index contributed by atoms with van der Waals surface area (Å²) in [5.41, 5.74) is 11.4. The quantitative estimate of drug-likeness (QED) is 0.160.